The topological polar surface area (TPSA) is 90.9 Å². The normalized spacial score (nSPS) is 23.5. The molecule has 0 spiro atoms. The molecule has 0 bridgehead atoms. The third kappa shape index (κ3) is 5.43. The van der Waals surface area contributed by atoms with Gasteiger partial charge in [-0.15, -0.1) is 0 Å². The molecule has 1 saturated heterocycles. The molecule has 8 heteroatoms. The maximum Gasteiger partial charge on any atom is 0.305 e. The molecule has 1 heterocycles. The van der Waals surface area contributed by atoms with Crippen molar-refractivity contribution in [2.75, 3.05) is 39.7 Å². The van der Waals surface area contributed by atoms with Crippen molar-refractivity contribution in [3.8, 4) is 0 Å². The van der Waals surface area contributed by atoms with Crippen LogP contribution in [0, 0.1) is 0 Å². The minimum Gasteiger partial charge on any atom is -0.469 e. The van der Waals surface area contributed by atoms with Gasteiger partial charge in [0.1, 0.15) is 5.60 Å². The molecule has 1 unspecified atom stereocenters. The summed E-state index contributed by atoms with van der Waals surface area (Å²) in [6.07, 6.45) is 0.989. The van der Waals surface area contributed by atoms with Crippen molar-refractivity contribution in [2.45, 2.75) is 24.9 Å². The van der Waals surface area contributed by atoms with Gasteiger partial charge in [0.2, 0.25) is 10.0 Å². The second-order valence-electron chi connectivity index (χ2n) is 4.51. The van der Waals surface area contributed by atoms with Gasteiger partial charge < -0.3 is 14.2 Å². The van der Waals surface area contributed by atoms with Crippen molar-refractivity contribution in [2.24, 2.45) is 0 Å². The summed E-state index contributed by atoms with van der Waals surface area (Å²) in [6, 6.07) is 0. The van der Waals surface area contributed by atoms with Gasteiger partial charge in [-0.2, -0.15) is 0 Å². The largest absolute Gasteiger partial charge is 0.469 e. The molecule has 1 rings (SSSR count). The Morgan fingerprint density at radius 1 is 1.42 bits per heavy atom. The quantitative estimate of drug-likeness (QED) is 0.616. The molecule has 0 saturated carbocycles. The molecule has 0 aromatic carbocycles. The van der Waals surface area contributed by atoms with E-state index < -0.39 is 21.6 Å². The van der Waals surface area contributed by atoms with Gasteiger partial charge in [0.25, 0.3) is 0 Å². The molecule has 1 atom stereocenters. The van der Waals surface area contributed by atoms with Crippen LogP contribution in [0.15, 0.2) is 0 Å². The Hall–Kier alpha value is -0.700. The number of carbonyl (C=O) groups excluding carboxylic acids is 1. The fourth-order valence-corrected chi connectivity index (χ4v) is 2.94. The van der Waals surface area contributed by atoms with Crippen LogP contribution in [0.5, 0.6) is 0 Å². The highest BCUT2D eigenvalue weighted by atomic mass is 32.2. The van der Waals surface area contributed by atoms with Crippen molar-refractivity contribution >= 4 is 16.0 Å². The lowest BCUT2D eigenvalue weighted by Gasteiger charge is -2.25. The molecule has 1 N–H and O–H groups in total. The van der Waals surface area contributed by atoms with Gasteiger partial charge >= 0.3 is 5.97 Å². The Labute approximate surface area is 113 Å². The lowest BCUT2D eigenvalue weighted by atomic mass is 10.0. The van der Waals surface area contributed by atoms with Crippen LogP contribution in [-0.4, -0.2) is 59.7 Å². The van der Waals surface area contributed by atoms with Crippen LogP contribution in [0.1, 0.15) is 19.3 Å². The molecular formula is C11H21NO6S. The molecule has 0 aromatic rings. The third-order valence-corrected chi connectivity index (χ3v) is 4.55. The molecule has 1 fully saturated rings. The van der Waals surface area contributed by atoms with Crippen molar-refractivity contribution in [1.29, 1.82) is 0 Å². The molecule has 0 radical (unpaired) electrons. The molecule has 1 aliphatic rings. The van der Waals surface area contributed by atoms with Crippen molar-refractivity contribution in [1.82, 2.24) is 4.72 Å². The van der Waals surface area contributed by atoms with Crippen LogP contribution in [0.25, 0.3) is 0 Å². The van der Waals surface area contributed by atoms with Gasteiger partial charge in [-0.1, -0.05) is 0 Å². The van der Waals surface area contributed by atoms with Crippen LogP contribution in [0.2, 0.25) is 0 Å². The van der Waals surface area contributed by atoms with Gasteiger partial charge in [-0.3, -0.25) is 4.79 Å². The Morgan fingerprint density at radius 3 is 2.68 bits per heavy atom. The summed E-state index contributed by atoms with van der Waals surface area (Å²) in [5.74, 6) is -0.518. The Morgan fingerprint density at radius 2 is 2.16 bits per heavy atom. The van der Waals surface area contributed by atoms with E-state index in [9.17, 15) is 13.2 Å². The molecule has 0 aromatic heterocycles. The number of sulfonamides is 1. The first-order valence-electron chi connectivity index (χ1n) is 6.10. The van der Waals surface area contributed by atoms with Crippen LogP contribution < -0.4 is 4.72 Å². The first-order chi connectivity index (χ1) is 8.93. The Kier molecular flexibility index (Phi) is 6.18. The van der Waals surface area contributed by atoms with E-state index in [0.29, 0.717) is 19.6 Å². The molecule has 0 amide bonds. The van der Waals surface area contributed by atoms with Crippen LogP contribution in [-0.2, 0) is 29.0 Å². The van der Waals surface area contributed by atoms with E-state index in [1.807, 2.05) is 0 Å². The van der Waals surface area contributed by atoms with Gasteiger partial charge in [0.05, 0.1) is 19.5 Å². The smallest absolute Gasteiger partial charge is 0.305 e. The summed E-state index contributed by atoms with van der Waals surface area (Å²) in [5, 5.41) is 0. The Balaban J connectivity index is 2.36. The lowest BCUT2D eigenvalue weighted by molar-refractivity contribution is -0.140. The summed E-state index contributed by atoms with van der Waals surface area (Å²) in [6.45, 7) is 1.14. The highest BCUT2D eigenvalue weighted by Crippen LogP contribution is 2.21. The average molecular weight is 295 g/mol. The standard InChI is InChI=1S/C11H21NO6S/c1-16-10(13)4-3-7-19(14,15)12-8-11(17-2)5-6-18-9-11/h12H,3-9H2,1-2H3. The summed E-state index contributed by atoms with van der Waals surface area (Å²) in [4.78, 5) is 10.9. The van der Waals surface area contributed by atoms with Gasteiger partial charge in [0.15, 0.2) is 0 Å². The van der Waals surface area contributed by atoms with E-state index in [1.165, 1.54) is 7.11 Å². The Bertz CT molecular complexity index is 388. The van der Waals surface area contributed by atoms with E-state index in [-0.39, 0.29) is 25.1 Å². The van der Waals surface area contributed by atoms with Crippen LogP contribution in [0.4, 0.5) is 0 Å². The first-order valence-corrected chi connectivity index (χ1v) is 7.75. The zero-order valence-electron chi connectivity index (χ0n) is 11.3. The predicted molar refractivity (Wildman–Crippen MR) is 68.2 cm³/mol. The second kappa shape index (κ2) is 7.18. The monoisotopic (exact) mass is 295 g/mol. The molecule has 1 aliphatic heterocycles. The zero-order valence-corrected chi connectivity index (χ0v) is 12.1. The predicted octanol–water partition coefficient (Wildman–Crippen LogP) is -0.335. The minimum absolute atomic E-state index is 0.0932. The van der Waals surface area contributed by atoms with E-state index in [1.54, 1.807) is 7.11 Å². The first kappa shape index (κ1) is 16.4. The van der Waals surface area contributed by atoms with Crippen LogP contribution in [0.3, 0.4) is 0 Å². The molecule has 112 valence electrons. The van der Waals surface area contributed by atoms with E-state index in [0.717, 1.165) is 0 Å². The average Bonchev–Trinajstić information content (AvgIpc) is 2.86. The number of ether oxygens (including phenoxy) is 3. The number of esters is 1. The summed E-state index contributed by atoms with van der Waals surface area (Å²) < 4.78 is 41.0. The van der Waals surface area contributed by atoms with Gasteiger partial charge in [-0.25, -0.2) is 13.1 Å². The third-order valence-electron chi connectivity index (χ3n) is 3.14. The van der Waals surface area contributed by atoms with E-state index in [2.05, 4.69) is 9.46 Å². The van der Waals surface area contributed by atoms with Crippen molar-refractivity contribution in [3.63, 3.8) is 0 Å². The van der Waals surface area contributed by atoms with Gasteiger partial charge in [0, 0.05) is 33.1 Å². The molecule has 19 heavy (non-hydrogen) atoms. The minimum atomic E-state index is -3.41. The highest BCUT2D eigenvalue weighted by molar-refractivity contribution is 7.89. The fraction of sp³-hybridized carbons (Fsp3) is 0.909. The van der Waals surface area contributed by atoms with Crippen LogP contribution >= 0.6 is 0 Å². The van der Waals surface area contributed by atoms with E-state index in [4.69, 9.17) is 9.47 Å². The van der Waals surface area contributed by atoms with Crippen molar-refractivity contribution < 1.29 is 27.4 Å². The van der Waals surface area contributed by atoms with E-state index >= 15 is 0 Å². The van der Waals surface area contributed by atoms with Gasteiger partial charge in [-0.05, 0) is 6.42 Å². The number of rotatable bonds is 8. The fourth-order valence-electron chi connectivity index (χ4n) is 1.78. The zero-order chi connectivity index (χ0) is 14.4. The molecule has 0 aliphatic carbocycles. The number of carbonyl (C=O) groups is 1. The van der Waals surface area contributed by atoms with Crippen molar-refractivity contribution in [3.05, 3.63) is 0 Å². The summed E-state index contributed by atoms with van der Waals surface area (Å²) >= 11 is 0. The SMILES string of the molecule is COC(=O)CCCS(=O)(=O)NCC1(OC)CCOC1. The maximum atomic E-state index is 11.8. The summed E-state index contributed by atoms with van der Waals surface area (Å²) in [7, 11) is -0.597. The number of hydrogen-bond donors (Lipinski definition) is 1. The number of nitrogens with one attached hydrogen (secondary N) is 1. The highest BCUT2D eigenvalue weighted by Gasteiger charge is 2.35. The number of methoxy groups -OCH3 is 2. The number of hydrogen-bond acceptors (Lipinski definition) is 6. The maximum absolute atomic E-state index is 11.8. The summed E-state index contributed by atoms with van der Waals surface area (Å²) in [5.41, 5.74) is -0.574. The second-order valence-corrected chi connectivity index (χ2v) is 6.44. The lowest BCUT2D eigenvalue weighted by Crippen LogP contribution is -2.45. The molecular weight excluding hydrogens is 274 g/mol. The molecule has 7 nitrogen and oxygen atoms in total.